The fraction of sp³-hybridized carbons (Fsp3) is 0.500. The van der Waals surface area contributed by atoms with Crippen molar-refractivity contribution in [3.8, 4) is 0 Å². The fourth-order valence-electron chi connectivity index (χ4n) is 5.29. The number of aliphatic imine (C=N–C) groups is 1. The number of hydrogen-bond acceptors (Lipinski definition) is 5. The molecule has 0 aromatic heterocycles. The molecular formula is C28H35N3O3S2. The zero-order valence-corrected chi connectivity index (χ0v) is 22.9. The molecule has 3 aliphatic heterocycles. The van der Waals surface area contributed by atoms with Crippen molar-refractivity contribution in [2.45, 2.75) is 51.3 Å². The molecule has 2 atom stereocenters. The molecule has 0 N–H and O–H groups in total. The third kappa shape index (κ3) is 5.49. The molecule has 2 aromatic carbocycles. The first-order chi connectivity index (χ1) is 17.1. The molecule has 6 nitrogen and oxygen atoms in total. The van der Waals surface area contributed by atoms with Gasteiger partial charge >= 0.3 is 0 Å². The van der Waals surface area contributed by atoms with Crippen LogP contribution in [-0.2, 0) is 21.1 Å². The maximum absolute atomic E-state index is 12.7. The summed E-state index contributed by atoms with van der Waals surface area (Å²) < 4.78 is 24.7. The number of amides is 1. The second-order valence-corrected chi connectivity index (χ2v) is 14.6. The predicted octanol–water partition coefficient (Wildman–Crippen LogP) is 4.79. The van der Waals surface area contributed by atoms with Crippen molar-refractivity contribution >= 4 is 44.0 Å². The van der Waals surface area contributed by atoms with Crippen molar-refractivity contribution in [2.75, 3.05) is 34.4 Å². The van der Waals surface area contributed by atoms with Crippen molar-refractivity contribution in [3.05, 3.63) is 60.2 Å². The highest BCUT2D eigenvalue weighted by molar-refractivity contribution is 8.16. The van der Waals surface area contributed by atoms with Gasteiger partial charge in [0.15, 0.2) is 15.0 Å². The minimum absolute atomic E-state index is 0.0927. The highest BCUT2D eigenvalue weighted by Gasteiger charge is 2.49. The summed E-state index contributed by atoms with van der Waals surface area (Å²) in [7, 11) is -3.09. The van der Waals surface area contributed by atoms with E-state index in [1.807, 2.05) is 25.7 Å². The topological polar surface area (TPSA) is 70.0 Å². The van der Waals surface area contributed by atoms with E-state index in [0.717, 1.165) is 25.2 Å². The third-order valence-corrected chi connectivity index (χ3v) is 10.6. The van der Waals surface area contributed by atoms with E-state index in [0.29, 0.717) is 11.1 Å². The highest BCUT2D eigenvalue weighted by Crippen LogP contribution is 2.42. The normalized spacial score (nSPS) is 25.4. The maximum atomic E-state index is 12.7. The minimum atomic E-state index is -3.09. The Morgan fingerprint density at radius 2 is 1.61 bits per heavy atom. The maximum Gasteiger partial charge on any atom is 0.253 e. The molecule has 0 unspecified atom stereocenters. The van der Waals surface area contributed by atoms with Crippen LogP contribution in [0.4, 0.5) is 11.4 Å². The van der Waals surface area contributed by atoms with Crippen LogP contribution in [0.15, 0.2) is 59.6 Å². The Hall–Kier alpha value is -2.32. The number of rotatable bonds is 4. The smallest absolute Gasteiger partial charge is 0.253 e. The van der Waals surface area contributed by atoms with Gasteiger partial charge in [-0.3, -0.25) is 4.79 Å². The first-order valence-corrected chi connectivity index (χ1v) is 15.5. The number of amidine groups is 1. The average Bonchev–Trinajstić information content (AvgIpc) is 3.30. The molecule has 3 fully saturated rings. The quantitative estimate of drug-likeness (QED) is 0.572. The number of fused-ring (bicyclic) bond motifs is 1. The number of nitrogens with zero attached hydrogens (tertiary/aromatic N) is 3. The number of piperidine rings is 1. The lowest BCUT2D eigenvalue weighted by Gasteiger charge is -2.34. The van der Waals surface area contributed by atoms with Crippen molar-refractivity contribution in [1.29, 1.82) is 0 Å². The van der Waals surface area contributed by atoms with Crippen LogP contribution in [0.25, 0.3) is 0 Å². The number of carbonyl (C=O) groups excluding carboxylic acids is 1. The van der Waals surface area contributed by atoms with Gasteiger partial charge in [0.25, 0.3) is 5.91 Å². The van der Waals surface area contributed by atoms with Gasteiger partial charge < -0.3 is 9.80 Å². The van der Waals surface area contributed by atoms with E-state index in [4.69, 9.17) is 0 Å². The summed E-state index contributed by atoms with van der Waals surface area (Å²) in [5.41, 5.74) is 2.91. The molecule has 5 rings (SSSR count). The molecule has 0 saturated carbocycles. The van der Waals surface area contributed by atoms with Crippen LogP contribution in [0.5, 0.6) is 0 Å². The molecule has 36 heavy (non-hydrogen) atoms. The largest absolute Gasteiger partial charge is 0.372 e. The molecule has 3 saturated heterocycles. The fourth-order valence-corrected chi connectivity index (χ4v) is 9.20. The van der Waals surface area contributed by atoms with E-state index in [-0.39, 0.29) is 28.7 Å². The number of benzene rings is 2. The molecule has 3 aliphatic rings. The van der Waals surface area contributed by atoms with Gasteiger partial charge in [-0.15, -0.1) is 0 Å². The van der Waals surface area contributed by atoms with Crippen LogP contribution in [0.1, 0.15) is 39.2 Å². The Morgan fingerprint density at radius 3 is 2.25 bits per heavy atom. The molecule has 1 amide bonds. The van der Waals surface area contributed by atoms with Crippen molar-refractivity contribution < 1.29 is 13.2 Å². The van der Waals surface area contributed by atoms with E-state index in [1.165, 1.54) is 35.9 Å². The summed E-state index contributed by atoms with van der Waals surface area (Å²) in [5.74, 6) is 0.763. The second-order valence-electron chi connectivity index (χ2n) is 11.3. The number of anilines is 2. The van der Waals surface area contributed by atoms with Crippen molar-refractivity contribution in [3.63, 3.8) is 0 Å². The zero-order chi connectivity index (χ0) is 25.5. The van der Waals surface area contributed by atoms with Gasteiger partial charge in [0.2, 0.25) is 0 Å². The molecule has 192 valence electrons. The van der Waals surface area contributed by atoms with E-state index >= 15 is 0 Å². The first-order valence-electron chi connectivity index (χ1n) is 12.8. The van der Waals surface area contributed by atoms with Gasteiger partial charge in [0.05, 0.1) is 17.5 Å². The van der Waals surface area contributed by atoms with Crippen LogP contribution in [0.3, 0.4) is 0 Å². The lowest BCUT2D eigenvalue weighted by molar-refractivity contribution is -0.124. The molecule has 2 aromatic rings. The SMILES string of the molecule is CC(C)(C)C(=O)N=C1S[C@@H]2CS(=O)(=O)C[C@H]2N1c1ccc(N2CCC(Cc3ccccc3)CC2)cc1. The van der Waals surface area contributed by atoms with Gasteiger partial charge in [0.1, 0.15) is 0 Å². The van der Waals surface area contributed by atoms with E-state index in [1.54, 1.807) is 0 Å². The summed E-state index contributed by atoms with van der Waals surface area (Å²) in [4.78, 5) is 21.6. The van der Waals surface area contributed by atoms with Gasteiger partial charge in [-0.1, -0.05) is 62.9 Å². The Labute approximate surface area is 219 Å². The molecule has 0 spiro atoms. The van der Waals surface area contributed by atoms with Crippen LogP contribution in [0.2, 0.25) is 0 Å². The lowest BCUT2D eigenvalue weighted by atomic mass is 9.90. The lowest BCUT2D eigenvalue weighted by Crippen LogP contribution is -2.38. The first kappa shape index (κ1) is 25.3. The van der Waals surface area contributed by atoms with Crippen molar-refractivity contribution in [2.24, 2.45) is 16.3 Å². The molecule has 0 bridgehead atoms. The average molecular weight is 526 g/mol. The number of hydrogen-bond donors (Lipinski definition) is 0. The monoisotopic (exact) mass is 525 g/mol. The Morgan fingerprint density at radius 1 is 0.972 bits per heavy atom. The Bertz CT molecular complexity index is 1230. The summed E-state index contributed by atoms with van der Waals surface area (Å²) in [6.45, 7) is 7.63. The molecule has 3 heterocycles. The van der Waals surface area contributed by atoms with Crippen molar-refractivity contribution in [1.82, 2.24) is 0 Å². The number of thioether (sulfide) groups is 1. The zero-order valence-electron chi connectivity index (χ0n) is 21.3. The van der Waals surface area contributed by atoms with Crippen LogP contribution in [0, 0.1) is 11.3 Å². The predicted molar refractivity (Wildman–Crippen MR) is 150 cm³/mol. The molecule has 0 aliphatic carbocycles. The summed E-state index contributed by atoms with van der Waals surface area (Å²) in [6, 6.07) is 18.9. The Balaban J connectivity index is 1.30. The molecule has 0 radical (unpaired) electrons. The minimum Gasteiger partial charge on any atom is -0.372 e. The molecular weight excluding hydrogens is 490 g/mol. The number of carbonyl (C=O) groups is 1. The van der Waals surface area contributed by atoms with Gasteiger partial charge in [0, 0.05) is 35.1 Å². The second kappa shape index (κ2) is 9.86. The standard InChI is InChI=1S/C28H35N3O3S2/c1-28(2,3)26(32)29-27-31(24-18-36(33,34)19-25(24)35-27)23-11-9-22(10-12-23)30-15-13-21(14-16-30)17-20-7-5-4-6-8-20/h4-12,21,24-25H,13-19H2,1-3H3/t24-,25-/m1/s1. The summed E-state index contributed by atoms with van der Waals surface area (Å²) in [5, 5.41) is 0.527. The van der Waals surface area contributed by atoms with E-state index in [2.05, 4.69) is 64.5 Å². The van der Waals surface area contributed by atoms with Crippen LogP contribution < -0.4 is 9.80 Å². The number of sulfone groups is 1. The summed E-state index contributed by atoms with van der Waals surface area (Å²) >= 11 is 1.43. The Kier molecular flexibility index (Phi) is 6.94. The van der Waals surface area contributed by atoms with Gasteiger partial charge in [-0.2, -0.15) is 4.99 Å². The van der Waals surface area contributed by atoms with Crippen LogP contribution in [-0.4, -0.2) is 55.4 Å². The van der Waals surface area contributed by atoms with E-state index in [9.17, 15) is 13.2 Å². The van der Waals surface area contributed by atoms with Gasteiger partial charge in [-0.25, -0.2) is 8.42 Å². The van der Waals surface area contributed by atoms with E-state index < -0.39 is 15.3 Å². The summed E-state index contributed by atoms with van der Waals surface area (Å²) in [6.07, 6.45) is 3.49. The highest BCUT2D eigenvalue weighted by atomic mass is 32.2. The molecule has 8 heteroatoms. The van der Waals surface area contributed by atoms with Crippen LogP contribution >= 0.6 is 11.8 Å². The third-order valence-electron chi connectivity index (χ3n) is 7.38. The van der Waals surface area contributed by atoms with Gasteiger partial charge in [-0.05, 0) is 55.0 Å².